The molecule has 0 spiro atoms. The average Bonchev–Trinajstić information content (AvgIpc) is 2.78. The van der Waals surface area contributed by atoms with Gasteiger partial charge in [0, 0.05) is 6.42 Å². The van der Waals surface area contributed by atoms with Crippen molar-refractivity contribution in [2.45, 2.75) is 69.7 Å². The molecular weight excluding hydrogens is 323 g/mol. The average molecular weight is 350 g/mol. The fourth-order valence-corrected chi connectivity index (χ4v) is 3.17. The maximum absolute atomic E-state index is 9.97. The number of aliphatic hydroxyl groups is 3. The van der Waals surface area contributed by atoms with E-state index in [0.29, 0.717) is 0 Å². The first-order valence-electron chi connectivity index (χ1n) is 8.72. The Labute approximate surface area is 148 Å². The maximum atomic E-state index is 9.97. The van der Waals surface area contributed by atoms with E-state index in [-0.39, 0.29) is 19.1 Å². The van der Waals surface area contributed by atoms with Gasteiger partial charge in [-0.3, -0.25) is 0 Å². The van der Waals surface area contributed by atoms with Gasteiger partial charge in [0.05, 0.1) is 30.0 Å². The summed E-state index contributed by atoms with van der Waals surface area (Å²) < 4.78 is 17.8. The van der Waals surface area contributed by atoms with Crippen LogP contribution in [0.3, 0.4) is 0 Å². The summed E-state index contributed by atoms with van der Waals surface area (Å²) in [5, 5.41) is 29.1. The molecule has 3 unspecified atom stereocenters. The topological polar surface area (TPSA) is 88.4 Å². The molecule has 0 amide bonds. The van der Waals surface area contributed by atoms with Gasteiger partial charge in [0.15, 0.2) is 0 Å². The normalized spacial score (nSPS) is 34.3. The van der Waals surface area contributed by atoms with Crippen molar-refractivity contribution >= 4 is 12.6 Å². The molecule has 2 fully saturated rings. The molecular formula is C18H27BO6. The molecule has 1 aromatic carbocycles. The minimum Gasteiger partial charge on any atom is -0.399 e. The predicted molar refractivity (Wildman–Crippen MR) is 93.5 cm³/mol. The predicted octanol–water partition coefficient (Wildman–Crippen LogP) is 0.530. The maximum Gasteiger partial charge on any atom is 0.494 e. The highest BCUT2D eigenvalue weighted by Gasteiger charge is 2.51. The van der Waals surface area contributed by atoms with Crippen LogP contribution in [0, 0.1) is 0 Å². The van der Waals surface area contributed by atoms with Crippen LogP contribution in [-0.2, 0) is 14.0 Å². The molecule has 2 aliphatic heterocycles. The summed E-state index contributed by atoms with van der Waals surface area (Å²) >= 11 is 0. The lowest BCUT2D eigenvalue weighted by Crippen LogP contribution is -2.47. The third kappa shape index (κ3) is 3.49. The highest BCUT2D eigenvalue weighted by atomic mass is 16.7. The van der Waals surface area contributed by atoms with Crippen LogP contribution in [0.2, 0.25) is 0 Å². The van der Waals surface area contributed by atoms with Gasteiger partial charge in [-0.05, 0) is 38.7 Å². The zero-order chi connectivity index (χ0) is 18.4. The number of hydrogen-bond acceptors (Lipinski definition) is 6. The molecule has 3 rings (SSSR count). The van der Waals surface area contributed by atoms with Crippen LogP contribution < -0.4 is 5.46 Å². The van der Waals surface area contributed by atoms with Gasteiger partial charge < -0.3 is 29.4 Å². The van der Waals surface area contributed by atoms with Crippen LogP contribution in [0.15, 0.2) is 24.3 Å². The minimum absolute atomic E-state index is 0.285. The van der Waals surface area contributed by atoms with Gasteiger partial charge >= 0.3 is 7.12 Å². The Hall–Kier alpha value is -0.955. The van der Waals surface area contributed by atoms with Crippen LogP contribution in [0.4, 0.5) is 0 Å². The second kappa shape index (κ2) is 6.65. The van der Waals surface area contributed by atoms with Gasteiger partial charge in [-0.25, -0.2) is 0 Å². The first-order valence-corrected chi connectivity index (χ1v) is 8.72. The van der Waals surface area contributed by atoms with Gasteiger partial charge in [0.1, 0.15) is 12.2 Å². The molecule has 0 radical (unpaired) electrons. The second-order valence-corrected chi connectivity index (χ2v) is 7.89. The Kier molecular flexibility index (Phi) is 5.01. The summed E-state index contributed by atoms with van der Waals surface area (Å²) in [5.41, 5.74) is 1.01. The molecule has 25 heavy (non-hydrogen) atoms. The van der Waals surface area contributed by atoms with Gasteiger partial charge in [-0.1, -0.05) is 24.3 Å². The summed E-state index contributed by atoms with van der Waals surface area (Å²) in [7, 11) is -0.427. The highest BCUT2D eigenvalue weighted by Crippen LogP contribution is 2.37. The minimum atomic E-state index is -1.06. The lowest BCUT2D eigenvalue weighted by Gasteiger charge is -2.36. The van der Waals surface area contributed by atoms with Crippen LogP contribution in [0.1, 0.15) is 45.8 Å². The van der Waals surface area contributed by atoms with Gasteiger partial charge in [-0.15, -0.1) is 0 Å². The van der Waals surface area contributed by atoms with Crippen molar-refractivity contribution in [3.63, 3.8) is 0 Å². The molecule has 2 aliphatic rings. The van der Waals surface area contributed by atoms with Gasteiger partial charge in [0.25, 0.3) is 0 Å². The Balaban J connectivity index is 1.73. The molecule has 138 valence electrons. The van der Waals surface area contributed by atoms with Crippen LogP contribution in [0.5, 0.6) is 0 Å². The van der Waals surface area contributed by atoms with Crippen molar-refractivity contribution in [2.24, 2.45) is 0 Å². The molecule has 2 saturated heterocycles. The lowest BCUT2D eigenvalue weighted by atomic mass is 9.78. The van der Waals surface area contributed by atoms with Gasteiger partial charge in [-0.2, -0.15) is 0 Å². The van der Waals surface area contributed by atoms with Crippen molar-refractivity contribution < 1.29 is 29.4 Å². The Bertz CT molecular complexity index is 586. The molecule has 3 N–H and O–H groups in total. The summed E-state index contributed by atoms with van der Waals surface area (Å²) in [5.74, 6) is 0. The van der Waals surface area contributed by atoms with Crippen LogP contribution >= 0.6 is 0 Å². The molecule has 0 bridgehead atoms. The van der Waals surface area contributed by atoms with E-state index in [0.717, 1.165) is 11.0 Å². The second-order valence-electron chi connectivity index (χ2n) is 7.89. The fraction of sp³-hybridized carbons (Fsp3) is 0.667. The zero-order valence-corrected chi connectivity index (χ0v) is 15.2. The summed E-state index contributed by atoms with van der Waals surface area (Å²) in [6.07, 6.45) is -2.85. The number of rotatable bonds is 3. The quantitative estimate of drug-likeness (QED) is 0.690. The number of aliphatic hydroxyl groups excluding tert-OH is 3. The Morgan fingerprint density at radius 3 is 2.12 bits per heavy atom. The molecule has 4 atom stereocenters. The molecule has 0 aliphatic carbocycles. The van der Waals surface area contributed by atoms with E-state index in [1.807, 2.05) is 52.0 Å². The first-order chi connectivity index (χ1) is 11.6. The van der Waals surface area contributed by atoms with Crippen molar-refractivity contribution in [1.29, 1.82) is 0 Å². The standard InChI is InChI=1S/C18H27BO6/c1-17(2)18(3,4)25-19(24-17)12-7-5-11(6-8-12)14-9-13(21)16(22)15(10-20)23-14/h5-8,13-16,20-22H,9-10H2,1-4H3/t13?,14?,15?,16-/m0/s1. The number of benzene rings is 1. The van der Waals surface area contributed by atoms with E-state index < -0.39 is 36.6 Å². The van der Waals surface area contributed by atoms with E-state index in [2.05, 4.69) is 0 Å². The molecule has 1 aromatic rings. The molecule has 0 aromatic heterocycles. The van der Waals surface area contributed by atoms with E-state index in [1.54, 1.807) is 0 Å². The van der Waals surface area contributed by atoms with Crippen LogP contribution in [0.25, 0.3) is 0 Å². The summed E-state index contributed by atoms with van der Waals surface area (Å²) in [6.45, 7) is 7.72. The number of ether oxygens (including phenoxy) is 1. The van der Waals surface area contributed by atoms with Crippen LogP contribution in [-0.4, -0.2) is 58.6 Å². The van der Waals surface area contributed by atoms with Crippen molar-refractivity contribution in [1.82, 2.24) is 0 Å². The van der Waals surface area contributed by atoms with Crippen molar-refractivity contribution in [3.05, 3.63) is 29.8 Å². The molecule has 7 heteroatoms. The summed E-state index contributed by atoms with van der Waals surface area (Å²) in [6, 6.07) is 7.66. The van der Waals surface area contributed by atoms with E-state index >= 15 is 0 Å². The van der Waals surface area contributed by atoms with Gasteiger partial charge in [0.2, 0.25) is 0 Å². The Morgan fingerprint density at radius 1 is 1.04 bits per heavy atom. The third-order valence-corrected chi connectivity index (χ3v) is 5.58. The van der Waals surface area contributed by atoms with Crippen molar-refractivity contribution in [3.8, 4) is 0 Å². The largest absolute Gasteiger partial charge is 0.494 e. The highest BCUT2D eigenvalue weighted by molar-refractivity contribution is 6.62. The monoisotopic (exact) mass is 350 g/mol. The molecule has 2 heterocycles. The van der Waals surface area contributed by atoms with E-state index in [9.17, 15) is 15.3 Å². The Morgan fingerprint density at radius 2 is 1.60 bits per heavy atom. The van der Waals surface area contributed by atoms with Crippen molar-refractivity contribution in [2.75, 3.05) is 6.61 Å². The number of hydrogen-bond donors (Lipinski definition) is 3. The molecule has 0 saturated carbocycles. The van der Waals surface area contributed by atoms with E-state index in [4.69, 9.17) is 14.0 Å². The third-order valence-electron chi connectivity index (χ3n) is 5.58. The smallest absolute Gasteiger partial charge is 0.399 e. The zero-order valence-electron chi connectivity index (χ0n) is 15.2. The first kappa shape index (κ1) is 18.8. The van der Waals surface area contributed by atoms with E-state index in [1.165, 1.54) is 0 Å². The summed E-state index contributed by atoms with van der Waals surface area (Å²) in [4.78, 5) is 0. The fourth-order valence-electron chi connectivity index (χ4n) is 3.17. The molecule has 6 nitrogen and oxygen atoms in total. The SMILES string of the molecule is CC1(C)OB(c2ccc(C3CC(O)[C@H](O)C(CO)O3)cc2)OC1(C)C. The lowest BCUT2D eigenvalue weighted by molar-refractivity contribution is -0.181.